The Morgan fingerprint density at radius 1 is 1.17 bits per heavy atom. The summed E-state index contributed by atoms with van der Waals surface area (Å²) in [6.07, 6.45) is -1.32. The van der Waals surface area contributed by atoms with Gasteiger partial charge >= 0.3 is 6.18 Å². The average Bonchev–Trinajstić information content (AvgIpc) is 3.31. The number of pyridine rings is 1. The molecule has 30 heavy (non-hydrogen) atoms. The van der Waals surface area contributed by atoms with Crippen LogP contribution >= 0.6 is 11.3 Å². The van der Waals surface area contributed by atoms with Gasteiger partial charge in [0.1, 0.15) is 11.5 Å². The Labute approximate surface area is 175 Å². The maximum atomic E-state index is 13.0. The first-order valence-electron chi connectivity index (χ1n) is 9.41. The van der Waals surface area contributed by atoms with Gasteiger partial charge in [-0.1, -0.05) is 0 Å². The number of aromatic nitrogens is 2. The molecule has 0 unspecified atom stereocenters. The molecule has 1 saturated heterocycles. The van der Waals surface area contributed by atoms with Crippen LogP contribution in [-0.4, -0.2) is 47.0 Å². The summed E-state index contributed by atoms with van der Waals surface area (Å²) in [4.78, 5) is 25.9. The summed E-state index contributed by atoms with van der Waals surface area (Å²) in [6.45, 7) is 3.93. The van der Waals surface area contributed by atoms with E-state index in [0.29, 0.717) is 54.9 Å². The van der Waals surface area contributed by atoms with E-state index in [9.17, 15) is 18.0 Å². The Morgan fingerprint density at radius 2 is 2.00 bits per heavy atom. The fourth-order valence-electron chi connectivity index (χ4n) is 3.34. The minimum Gasteiger partial charge on any atom is -0.462 e. The molecular weight excluding hydrogens is 417 g/mol. The van der Waals surface area contributed by atoms with Crippen LogP contribution in [0.3, 0.4) is 0 Å². The lowest BCUT2D eigenvalue weighted by Crippen LogP contribution is -2.35. The van der Waals surface area contributed by atoms with Gasteiger partial charge in [0.2, 0.25) is 0 Å². The van der Waals surface area contributed by atoms with Gasteiger partial charge in [-0.3, -0.25) is 4.79 Å². The molecule has 1 aliphatic heterocycles. The highest BCUT2D eigenvalue weighted by molar-refractivity contribution is 7.15. The highest BCUT2D eigenvalue weighted by Crippen LogP contribution is 2.30. The van der Waals surface area contributed by atoms with Gasteiger partial charge in [-0.05, 0) is 37.6 Å². The smallest absolute Gasteiger partial charge is 0.417 e. The lowest BCUT2D eigenvalue weighted by Gasteiger charge is -2.23. The van der Waals surface area contributed by atoms with Crippen molar-refractivity contribution in [2.45, 2.75) is 19.5 Å². The standard InChI is InChI=1S/C20H19F3N4O2S/c1-13-17(25-18(30-13)15-4-2-11-29-15)19(28)27-8-3-7-26(9-10-27)16-6-5-14(12-24-16)20(21,22)23/h2,4-6,11-12H,3,7-10H2,1H3. The molecule has 0 radical (unpaired) electrons. The monoisotopic (exact) mass is 436 g/mol. The molecule has 3 aromatic heterocycles. The van der Waals surface area contributed by atoms with E-state index in [4.69, 9.17) is 4.42 Å². The number of alkyl halides is 3. The number of rotatable bonds is 3. The molecule has 4 heterocycles. The maximum absolute atomic E-state index is 13.0. The molecule has 0 spiro atoms. The largest absolute Gasteiger partial charge is 0.462 e. The van der Waals surface area contributed by atoms with Crippen molar-refractivity contribution in [2.24, 2.45) is 0 Å². The summed E-state index contributed by atoms with van der Waals surface area (Å²) in [5.74, 6) is 0.948. The normalized spacial score (nSPS) is 15.3. The molecule has 0 aromatic carbocycles. The van der Waals surface area contributed by atoms with Crippen molar-refractivity contribution in [1.82, 2.24) is 14.9 Å². The Balaban J connectivity index is 1.45. The van der Waals surface area contributed by atoms with Gasteiger partial charge in [-0.25, -0.2) is 9.97 Å². The van der Waals surface area contributed by atoms with Crippen LogP contribution in [0.15, 0.2) is 41.1 Å². The Kier molecular flexibility index (Phi) is 5.50. The van der Waals surface area contributed by atoms with Gasteiger partial charge in [-0.15, -0.1) is 11.3 Å². The number of hydrogen-bond donors (Lipinski definition) is 0. The molecule has 3 aromatic rings. The predicted molar refractivity (Wildman–Crippen MR) is 107 cm³/mol. The van der Waals surface area contributed by atoms with Crippen LogP contribution in [-0.2, 0) is 6.18 Å². The Morgan fingerprint density at radius 3 is 2.67 bits per heavy atom. The van der Waals surface area contributed by atoms with Crippen molar-refractivity contribution < 1.29 is 22.4 Å². The molecule has 158 valence electrons. The van der Waals surface area contributed by atoms with Crippen molar-refractivity contribution >= 4 is 23.1 Å². The molecule has 1 fully saturated rings. The molecule has 0 bridgehead atoms. The zero-order valence-corrected chi connectivity index (χ0v) is 17.0. The zero-order chi connectivity index (χ0) is 21.3. The van der Waals surface area contributed by atoms with Crippen molar-refractivity contribution in [3.8, 4) is 10.8 Å². The van der Waals surface area contributed by atoms with Crippen molar-refractivity contribution in [3.05, 3.63) is 52.9 Å². The van der Waals surface area contributed by atoms with E-state index < -0.39 is 11.7 Å². The van der Waals surface area contributed by atoms with Gasteiger partial charge in [0.15, 0.2) is 10.8 Å². The highest BCUT2D eigenvalue weighted by atomic mass is 32.1. The highest BCUT2D eigenvalue weighted by Gasteiger charge is 2.31. The van der Waals surface area contributed by atoms with Crippen LogP contribution in [0, 0.1) is 6.92 Å². The molecule has 6 nitrogen and oxygen atoms in total. The van der Waals surface area contributed by atoms with Crippen molar-refractivity contribution in [2.75, 3.05) is 31.1 Å². The third-order valence-corrected chi connectivity index (χ3v) is 5.90. The second-order valence-electron chi connectivity index (χ2n) is 6.94. The SMILES string of the molecule is Cc1sc(-c2ccco2)nc1C(=O)N1CCCN(c2ccc(C(F)(F)F)cn2)CC1. The zero-order valence-electron chi connectivity index (χ0n) is 16.1. The van der Waals surface area contributed by atoms with Crippen LogP contribution < -0.4 is 4.90 Å². The summed E-state index contributed by atoms with van der Waals surface area (Å²) in [5, 5.41) is 0.659. The van der Waals surface area contributed by atoms with E-state index in [-0.39, 0.29) is 5.91 Å². The second-order valence-corrected chi connectivity index (χ2v) is 8.14. The summed E-state index contributed by atoms with van der Waals surface area (Å²) in [5.41, 5.74) is -0.364. The van der Waals surface area contributed by atoms with E-state index in [1.54, 1.807) is 23.3 Å². The van der Waals surface area contributed by atoms with Gasteiger partial charge in [0, 0.05) is 37.3 Å². The first kappa shape index (κ1) is 20.4. The van der Waals surface area contributed by atoms with Crippen molar-refractivity contribution in [1.29, 1.82) is 0 Å². The van der Waals surface area contributed by atoms with E-state index in [2.05, 4.69) is 9.97 Å². The molecule has 10 heteroatoms. The second kappa shape index (κ2) is 8.10. The number of carbonyl (C=O) groups is 1. The number of halogens is 3. The van der Waals surface area contributed by atoms with E-state index in [1.807, 2.05) is 11.8 Å². The number of furan rings is 1. The van der Waals surface area contributed by atoms with E-state index >= 15 is 0 Å². The number of carbonyl (C=O) groups excluding carboxylic acids is 1. The molecule has 4 rings (SSSR count). The third-order valence-electron chi connectivity index (χ3n) is 4.91. The van der Waals surface area contributed by atoms with Gasteiger partial charge in [-0.2, -0.15) is 13.2 Å². The first-order valence-corrected chi connectivity index (χ1v) is 10.2. The number of anilines is 1. The summed E-state index contributed by atoms with van der Waals surface area (Å²) in [6, 6.07) is 5.98. The van der Waals surface area contributed by atoms with Crippen LogP contribution in [0.4, 0.5) is 19.0 Å². The minimum atomic E-state index is -4.41. The summed E-state index contributed by atoms with van der Waals surface area (Å²) in [7, 11) is 0. The van der Waals surface area contributed by atoms with Crippen molar-refractivity contribution in [3.63, 3.8) is 0 Å². The number of nitrogens with zero attached hydrogens (tertiary/aromatic N) is 4. The molecule has 0 saturated carbocycles. The van der Waals surface area contributed by atoms with E-state index in [0.717, 1.165) is 17.1 Å². The van der Waals surface area contributed by atoms with Gasteiger partial charge < -0.3 is 14.2 Å². The number of thiazole rings is 1. The molecule has 0 aliphatic carbocycles. The Hall–Kier alpha value is -2.88. The molecule has 1 aliphatic rings. The molecule has 1 amide bonds. The maximum Gasteiger partial charge on any atom is 0.417 e. The first-order chi connectivity index (χ1) is 14.3. The van der Waals surface area contributed by atoms with Crippen LogP contribution in [0.5, 0.6) is 0 Å². The predicted octanol–water partition coefficient (Wildman–Crippen LogP) is 4.48. The molecular formula is C20H19F3N4O2S. The fraction of sp³-hybridized carbons (Fsp3) is 0.350. The summed E-state index contributed by atoms with van der Waals surface area (Å²) < 4.78 is 43.6. The fourth-order valence-corrected chi connectivity index (χ4v) is 4.21. The Bertz CT molecular complexity index is 1020. The lowest BCUT2D eigenvalue weighted by molar-refractivity contribution is -0.137. The molecule has 0 N–H and O–H groups in total. The lowest BCUT2D eigenvalue weighted by atomic mass is 10.2. The molecule has 0 atom stereocenters. The van der Waals surface area contributed by atoms with Gasteiger partial charge in [0.25, 0.3) is 5.91 Å². The number of hydrogen-bond acceptors (Lipinski definition) is 6. The van der Waals surface area contributed by atoms with E-state index in [1.165, 1.54) is 17.4 Å². The number of amides is 1. The summed E-state index contributed by atoms with van der Waals surface area (Å²) >= 11 is 1.41. The van der Waals surface area contributed by atoms with Crippen LogP contribution in [0.1, 0.15) is 27.3 Å². The van der Waals surface area contributed by atoms with Crippen LogP contribution in [0.2, 0.25) is 0 Å². The van der Waals surface area contributed by atoms with Crippen LogP contribution in [0.25, 0.3) is 10.8 Å². The van der Waals surface area contributed by atoms with Gasteiger partial charge in [0.05, 0.1) is 11.8 Å². The quantitative estimate of drug-likeness (QED) is 0.606. The number of aryl methyl sites for hydroxylation is 1. The topological polar surface area (TPSA) is 62.5 Å². The minimum absolute atomic E-state index is 0.149. The average molecular weight is 436 g/mol. The third kappa shape index (κ3) is 4.18.